The van der Waals surface area contributed by atoms with Crippen molar-refractivity contribution in [3.05, 3.63) is 116 Å². The van der Waals surface area contributed by atoms with Gasteiger partial charge in [-0.2, -0.15) is 0 Å². The second-order valence-electron chi connectivity index (χ2n) is 8.01. The molecule has 0 aliphatic carbocycles. The Bertz CT molecular complexity index is 1550. The predicted octanol–water partition coefficient (Wildman–Crippen LogP) is 5.55. The Labute approximate surface area is 214 Å². The minimum Gasteiger partial charge on any atom is -0.481 e. The molecule has 2 amide bonds. The number of ether oxygens (including phenoxy) is 1. The maximum Gasteiger partial charge on any atom is 0.312 e. The van der Waals surface area contributed by atoms with Crippen molar-refractivity contribution in [3.63, 3.8) is 0 Å². The van der Waals surface area contributed by atoms with Crippen LogP contribution in [-0.4, -0.2) is 16.7 Å². The van der Waals surface area contributed by atoms with Crippen LogP contribution in [0, 0.1) is 10.1 Å². The molecular weight excluding hydrogens is 526 g/mol. The molecule has 0 unspecified atom stereocenters. The molecule has 1 aliphatic rings. The van der Waals surface area contributed by atoms with E-state index in [0.29, 0.717) is 15.7 Å². The van der Waals surface area contributed by atoms with Crippen molar-refractivity contribution in [1.29, 1.82) is 0 Å². The lowest BCUT2D eigenvalue weighted by atomic mass is 10.1. The summed E-state index contributed by atoms with van der Waals surface area (Å²) in [5.41, 5.74) is 3.78. The first kappa shape index (κ1) is 23.3. The van der Waals surface area contributed by atoms with Gasteiger partial charge in [-0.05, 0) is 62.1 Å². The lowest BCUT2D eigenvalue weighted by Crippen LogP contribution is -2.35. The summed E-state index contributed by atoms with van der Waals surface area (Å²) in [4.78, 5) is 36.7. The number of fused-ring (bicyclic) bond motifs is 1. The standard InChI is InChI=1S/C27H18BrN3O5/c28-23-14-17(13-22-26(32)29-30(27(22)33)20-10-2-1-3-11-20)15-24(31(34)35)25(23)36-16-19-9-6-8-18-7-4-5-12-21(18)19/h1-15H,16H2,(H,29,32)/b22-13-. The second kappa shape index (κ2) is 9.63. The number of rotatable bonds is 6. The Hall–Kier alpha value is -4.50. The quantitative estimate of drug-likeness (QED) is 0.148. The Morgan fingerprint density at radius 3 is 2.47 bits per heavy atom. The Kier molecular flexibility index (Phi) is 6.22. The fraction of sp³-hybridized carbons (Fsp3) is 0.0370. The number of carbonyl (C=O) groups is 2. The van der Waals surface area contributed by atoms with E-state index in [2.05, 4.69) is 21.4 Å². The zero-order chi connectivity index (χ0) is 25.2. The summed E-state index contributed by atoms with van der Waals surface area (Å²) < 4.78 is 6.23. The molecule has 0 aromatic heterocycles. The van der Waals surface area contributed by atoms with Gasteiger partial charge in [0.2, 0.25) is 5.75 Å². The molecule has 1 N–H and O–H groups in total. The van der Waals surface area contributed by atoms with E-state index in [-0.39, 0.29) is 23.6 Å². The number of nitro benzene ring substituents is 1. The Morgan fingerprint density at radius 2 is 1.69 bits per heavy atom. The van der Waals surface area contributed by atoms with Crippen molar-refractivity contribution in [2.75, 3.05) is 5.01 Å². The third-order valence-electron chi connectivity index (χ3n) is 5.71. The van der Waals surface area contributed by atoms with Crippen molar-refractivity contribution in [3.8, 4) is 5.75 Å². The van der Waals surface area contributed by atoms with Crippen LogP contribution in [0.15, 0.2) is 95.0 Å². The van der Waals surface area contributed by atoms with Gasteiger partial charge in [-0.3, -0.25) is 25.1 Å². The third kappa shape index (κ3) is 4.44. The van der Waals surface area contributed by atoms with E-state index in [9.17, 15) is 19.7 Å². The number of hydrazine groups is 1. The van der Waals surface area contributed by atoms with Crippen LogP contribution < -0.4 is 15.2 Å². The van der Waals surface area contributed by atoms with Crippen molar-refractivity contribution in [2.24, 2.45) is 0 Å². The van der Waals surface area contributed by atoms with E-state index in [4.69, 9.17) is 4.74 Å². The number of para-hydroxylation sites is 1. The normalized spacial score (nSPS) is 14.4. The zero-order valence-corrected chi connectivity index (χ0v) is 20.3. The number of nitrogens with zero attached hydrogens (tertiary/aromatic N) is 2. The van der Waals surface area contributed by atoms with Crippen molar-refractivity contribution >= 4 is 56.0 Å². The highest BCUT2D eigenvalue weighted by Gasteiger charge is 2.34. The number of hydrogen-bond donors (Lipinski definition) is 1. The van der Waals surface area contributed by atoms with E-state index >= 15 is 0 Å². The molecule has 4 aromatic carbocycles. The lowest BCUT2D eigenvalue weighted by molar-refractivity contribution is -0.386. The van der Waals surface area contributed by atoms with Gasteiger partial charge in [0.25, 0.3) is 11.8 Å². The molecule has 8 nitrogen and oxygen atoms in total. The van der Waals surface area contributed by atoms with Gasteiger partial charge in [0.15, 0.2) is 0 Å². The van der Waals surface area contributed by atoms with Gasteiger partial charge < -0.3 is 4.74 Å². The van der Waals surface area contributed by atoms with Gasteiger partial charge in [-0.25, -0.2) is 5.01 Å². The summed E-state index contributed by atoms with van der Waals surface area (Å²) >= 11 is 3.36. The molecule has 36 heavy (non-hydrogen) atoms. The topological polar surface area (TPSA) is 102 Å². The molecule has 1 fully saturated rings. The molecule has 1 heterocycles. The summed E-state index contributed by atoms with van der Waals surface area (Å²) in [6, 6.07) is 25.1. The molecule has 0 radical (unpaired) electrons. The van der Waals surface area contributed by atoms with E-state index in [1.807, 2.05) is 42.5 Å². The first-order chi connectivity index (χ1) is 17.4. The molecule has 0 bridgehead atoms. The number of hydrogen-bond acceptors (Lipinski definition) is 5. The average Bonchev–Trinajstić information content (AvgIpc) is 3.16. The van der Waals surface area contributed by atoms with Crippen LogP contribution in [0.3, 0.4) is 0 Å². The zero-order valence-electron chi connectivity index (χ0n) is 18.7. The van der Waals surface area contributed by atoms with E-state index in [1.165, 1.54) is 12.1 Å². The summed E-state index contributed by atoms with van der Waals surface area (Å²) in [7, 11) is 0. The minimum atomic E-state index is -0.598. The van der Waals surface area contributed by atoms with Crippen LogP contribution in [0.25, 0.3) is 16.8 Å². The molecule has 4 aromatic rings. The first-order valence-corrected chi connectivity index (χ1v) is 11.7. The number of benzene rings is 4. The molecule has 5 rings (SSSR count). The van der Waals surface area contributed by atoms with Crippen LogP contribution in [0.5, 0.6) is 5.75 Å². The highest BCUT2D eigenvalue weighted by Crippen LogP contribution is 2.38. The number of amides is 2. The van der Waals surface area contributed by atoms with Crippen LogP contribution in [0.2, 0.25) is 0 Å². The monoisotopic (exact) mass is 543 g/mol. The molecular formula is C27H18BrN3O5. The highest BCUT2D eigenvalue weighted by molar-refractivity contribution is 9.10. The minimum absolute atomic E-state index is 0.0585. The average molecular weight is 544 g/mol. The lowest BCUT2D eigenvalue weighted by Gasteiger charge is -2.14. The van der Waals surface area contributed by atoms with Crippen LogP contribution >= 0.6 is 15.9 Å². The van der Waals surface area contributed by atoms with Crippen molar-refractivity contribution in [1.82, 2.24) is 5.43 Å². The van der Waals surface area contributed by atoms with Crippen molar-refractivity contribution in [2.45, 2.75) is 6.61 Å². The number of halogens is 1. The van der Waals surface area contributed by atoms with Gasteiger partial charge >= 0.3 is 5.69 Å². The predicted molar refractivity (Wildman–Crippen MR) is 139 cm³/mol. The number of nitrogens with one attached hydrogen (secondary N) is 1. The number of nitro groups is 1. The molecule has 1 aliphatic heterocycles. The molecule has 178 valence electrons. The Morgan fingerprint density at radius 1 is 0.972 bits per heavy atom. The van der Waals surface area contributed by atoms with E-state index < -0.39 is 16.7 Å². The maximum absolute atomic E-state index is 12.9. The van der Waals surface area contributed by atoms with Gasteiger partial charge in [-0.1, -0.05) is 60.7 Å². The highest BCUT2D eigenvalue weighted by atomic mass is 79.9. The smallest absolute Gasteiger partial charge is 0.312 e. The van der Waals surface area contributed by atoms with E-state index in [1.54, 1.807) is 36.4 Å². The van der Waals surface area contributed by atoms with Crippen molar-refractivity contribution < 1.29 is 19.2 Å². The molecule has 1 saturated heterocycles. The summed E-state index contributed by atoms with van der Waals surface area (Å²) in [6.45, 7) is 0.119. The van der Waals surface area contributed by atoms with Crippen LogP contribution in [-0.2, 0) is 16.2 Å². The van der Waals surface area contributed by atoms with Crippen LogP contribution in [0.1, 0.15) is 11.1 Å². The fourth-order valence-electron chi connectivity index (χ4n) is 4.01. The Balaban J connectivity index is 1.45. The maximum atomic E-state index is 12.9. The molecule has 0 spiro atoms. The first-order valence-electron chi connectivity index (χ1n) is 10.9. The SMILES string of the molecule is O=C1NN(c2ccccc2)C(=O)/C1=C\c1cc(Br)c(OCc2cccc3ccccc23)c([N+](=O)[O-])c1. The largest absolute Gasteiger partial charge is 0.481 e. The molecule has 0 saturated carbocycles. The van der Waals surface area contributed by atoms with Gasteiger partial charge in [0.1, 0.15) is 12.2 Å². The summed E-state index contributed by atoms with van der Waals surface area (Å²) in [5.74, 6) is -1.09. The number of anilines is 1. The summed E-state index contributed by atoms with van der Waals surface area (Å²) in [5, 5.41) is 15.1. The van der Waals surface area contributed by atoms with Gasteiger partial charge in [0, 0.05) is 6.07 Å². The second-order valence-corrected chi connectivity index (χ2v) is 8.86. The van der Waals surface area contributed by atoms with Gasteiger partial charge in [0.05, 0.1) is 15.1 Å². The van der Waals surface area contributed by atoms with Crippen LogP contribution in [0.4, 0.5) is 11.4 Å². The molecule has 0 atom stereocenters. The van der Waals surface area contributed by atoms with E-state index in [0.717, 1.165) is 21.3 Å². The fourth-order valence-corrected chi connectivity index (χ4v) is 4.59. The summed E-state index contributed by atoms with van der Waals surface area (Å²) in [6.07, 6.45) is 1.33. The number of carbonyl (C=O) groups excluding carboxylic acids is 2. The molecule has 9 heteroatoms. The van der Waals surface area contributed by atoms with Gasteiger partial charge in [-0.15, -0.1) is 0 Å². The third-order valence-corrected chi connectivity index (χ3v) is 6.30.